The van der Waals surface area contributed by atoms with Crippen LogP contribution < -0.4 is 0 Å². The molecule has 5 aliphatic rings. The van der Waals surface area contributed by atoms with Crippen molar-refractivity contribution < 1.29 is 9.53 Å². The summed E-state index contributed by atoms with van der Waals surface area (Å²) in [6.07, 6.45) is 19.2. The van der Waals surface area contributed by atoms with Crippen molar-refractivity contribution in [3.8, 4) is 0 Å². The lowest BCUT2D eigenvalue weighted by Crippen LogP contribution is -2.59. The molecule has 0 N–H and O–H groups in total. The first-order chi connectivity index (χ1) is 17.3. The molecular weight excluding hydrogens is 442 g/mol. The quantitative estimate of drug-likeness (QED) is 0.438. The van der Waals surface area contributed by atoms with Crippen molar-refractivity contribution in [2.45, 2.75) is 90.9 Å². The molecule has 4 fully saturated rings. The summed E-state index contributed by atoms with van der Waals surface area (Å²) in [6, 6.07) is 10.3. The number of hydrogen-bond acceptors (Lipinski definition) is 3. The Labute approximate surface area is 217 Å². The molecule has 0 bridgehead atoms. The number of carbonyl (C=O) groups excluding carboxylic acids is 1. The Morgan fingerprint density at radius 2 is 1.81 bits per heavy atom. The fourth-order valence-electron chi connectivity index (χ4n) is 9.57. The number of hydrogen-bond donors (Lipinski definition) is 0. The zero-order chi connectivity index (χ0) is 25.0. The van der Waals surface area contributed by atoms with E-state index in [-0.39, 0.29) is 11.3 Å². The van der Waals surface area contributed by atoms with E-state index < -0.39 is 5.72 Å². The van der Waals surface area contributed by atoms with Gasteiger partial charge in [0.1, 0.15) is 5.78 Å². The van der Waals surface area contributed by atoms with Crippen molar-refractivity contribution in [3.05, 3.63) is 59.7 Å². The van der Waals surface area contributed by atoms with Crippen LogP contribution in [0.1, 0.15) is 84.1 Å². The van der Waals surface area contributed by atoms with Gasteiger partial charge in [-0.05, 0) is 104 Å². The second-order valence-corrected chi connectivity index (χ2v) is 13.1. The first-order valence-electron chi connectivity index (χ1n) is 14.5. The maximum atomic E-state index is 13.9. The summed E-state index contributed by atoms with van der Waals surface area (Å²) in [4.78, 5) is 19.0. The standard InChI is InChI=1S/C33H43NO2/c1-23-9-8-20-34-33(21-23,36-22-24-10-5-4-6-11-24)30-28-14-13-25-26-12-7-17-31(26,2)18-15-27(25)32(28,3)19-16-29(30)35/h4-6,8-11,20-21,25-28,30H,7,12-19,22H2,1-3H3/t25-,26-,27-,28?,30?,31-,32+,33?/m0/s1. The molecule has 1 aromatic rings. The number of nitrogens with zero attached hydrogens (tertiary/aromatic N) is 1. The van der Waals surface area contributed by atoms with Gasteiger partial charge in [0, 0.05) is 12.6 Å². The maximum Gasteiger partial charge on any atom is 0.188 e. The first kappa shape index (κ1) is 24.3. The van der Waals surface area contributed by atoms with Gasteiger partial charge in [0.05, 0.1) is 12.5 Å². The molecule has 36 heavy (non-hydrogen) atoms. The molecular formula is C33H43NO2. The fraction of sp³-hybridized carbons (Fsp3) is 0.636. The van der Waals surface area contributed by atoms with E-state index in [0.717, 1.165) is 41.7 Å². The van der Waals surface area contributed by atoms with E-state index in [4.69, 9.17) is 9.73 Å². The average molecular weight is 486 g/mol. The van der Waals surface area contributed by atoms with Crippen LogP contribution in [0.5, 0.6) is 0 Å². The van der Waals surface area contributed by atoms with Crippen molar-refractivity contribution >= 4 is 12.0 Å². The molecule has 0 amide bonds. The minimum atomic E-state index is -0.934. The van der Waals surface area contributed by atoms with Gasteiger partial charge in [0.25, 0.3) is 0 Å². The zero-order valence-electron chi connectivity index (χ0n) is 22.4. The van der Waals surface area contributed by atoms with Crippen LogP contribution in [-0.4, -0.2) is 17.7 Å². The summed E-state index contributed by atoms with van der Waals surface area (Å²) in [6.45, 7) is 7.69. The maximum absolute atomic E-state index is 13.9. The van der Waals surface area contributed by atoms with Gasteiger partial charge in [-0.25, -0.2) is 0 Å². The van der Waals surface area contributed by atoms with Crippen LogP contribution in [0, 0.1) is 40.4 Å². The Morgan fingerprint density at radius 3 is 2.64 bits per heavy atom. The normalized spacial score (nSPS) is 43.8. The van der Waals surface area contributed by atoms with E-state index >= 15 is 0 Å². The zero-order valence-corrected chi connectivity index (χ0v) is 22.4. The van der Waals surface area contributed by atoms with Crippen LogP contribution in [0.2, 0.25) is 0 Å². The van der Waals surface area contributed by atoms with Crippen LogP contribution in [0.3, 0.4) is 0 Å². The van der Waals surface area contributed by atoms with Crippen molar-refractivity contribution in [1.29, 1.82) is 0 Å². The highest BCUT2D eigenvalue weighted by Crippen LogP contribution is 2.67. The van der Waals surface area contributed by atoms with Crippen LogP contribution in [0.15, 0.2) is 59.1 Å². The van der Waals surface area contributed by atoms with Crippen molar-refractivity contribution in [3.63, 3.8) is 0 Å². The van der Waals surface area contributed by atoms with Gasteiger partial charge in [-0.15, -0.1) is 0 Å². The molecule has 0 aromatic heterocycles. The highest BCUT2D eigenvalue weighted by molar-refractivity contribution is 5.85. The second kappa shape index (κ2) is 9.08. The lowest BCUT2D eigenvalue weighted by molar-refractivity contribution is -0.176. The van der Waals surface area contributed by atoms with Gasteiger partial charge in [-0.1, -0.05) is 62.2 Å². The summed E-state index contributed by atoms with van der Waals surface area (Å²) in [5, 5.41) is 0. The number of benzene rings is 1. The number of ether oxygens (including phenoxy) is 1. The first-order valence-corrected chi connectivity index (χ1v) is 14.5. The summed E-state index contributed by atoms with van der Waals surface area (Å²) >= 11 is 0. The molecule has 0 radical (unpaired) electrons. The van der Waals surface area contributed by atoms with E-state index in [1.54, 1.807) is 0 Å². The van der Waals surface area contributed by atoms with Crippen LogP contribution in [-0.2, 0) is 16.1 Å². The average Bonchev–Trinajstić information content (AvgIpc) is 3.17. The molecule has 0 saturated heterocycles. The third kappa shape index (κ3) is 3.88. The second-order valence-electron chi connectivity index (χ2n) is 13.1. The van der Waals surface area contributed by atoms with Crippen LogP contribution >= 0.6 is 0 Å². The number of ketones is 1. The third-order valence-electron chi connectivity index (χ3n) is 11.3. The van der Waals surface area contributed by atoms with Gasteiger partial charge < -0.3 is 4.74 Å². The minimum absolute atomic E-state index is 0.186. The summed E-state index contributed by atoms with van der Waals surface area (Å²) in [5.41, 5.74) is 2.05. The SMILES string of the molecule is CC1=CC(OCc2ccccc2)(C2C(=O)CC[C@@]3(C)C2CC[C@H]2[C@@H]4CCC[C@@]4(C)CC[C@@H]23)N=CC=C1. The summed E-state index contributed by atoms with van der Waals surface area (Å²) in [7, 11) is 0. The molecule has 1 aliphatic heterocycles. The van der Waals surface area contributed by atoms with Gasteiger partial charge >= 0.3 is 0 Å². The molecule has 192 valence electrons. The fourth-order valence-corrected chi connectivity index (χ4v) is 9.57. The van der Waals surface area contributed by atoms with Crippen LogP contribution in [0.4, 0.5) is 0 Å². The Balaban J connectivity index is 1.37. The monoisotopic (exact) mass is 485 g/mol. The third-order valence-corrected chi connectivity index (χ3v) is 11.3. The molecule has 4 saturated carbocycles. The topological polar surface area (TPSA) is 38.7 Å². The lowest BCUT2D eigenvalue weighted by Gasteiger charge is -2.62. The molecule has 6 rings (SSSR count). The smallest absolute Gasteiger partial charge is 0.188 e. The highest BCUT2D eigenvalue weighted by Gasteiger charge is 2.63. The van der Waals surface area contributed by atoms with Crippen LogP contribution in [0.25, 0.3) is 0 Å². The van der Waals surface area contributed by atoms with Gasteiger partial charge in [0.2, 0.25) is 0 Å². The number of Topliss-reactive ketones (excluding diaryl/α,β-unsaturated/α-hetero) is 1. The molecule has 3 unspecified atom stereocenters. The Kier molecular flexibility index (Phi) is 6.14. The molecule has 3 heteroatoms. The molecule has 4 aliphatic carbocycles. The van der Waals surface area contributed by atoms with Crippen molar-refractivity contribution in [2.24, 2.45) is 45.4 Å². The number of aliphatic imine (C=N–C) groups is 1. The highest BCUT2D eigenvalue weighted by atomic mass is 16.5. The van der Waals surface area contributed by atoms with E-state index in [1.807, 2.05) is 30.5 Å². The van der Waals surface area contributed by atoms with Gasteiger partial charge in [0.15, 0.2) is 5.72 Å². The molecule has 1 aromatic carbocycles. The van der Waals surface area contributed by atoms with E-state index in [2.05, 4.69) is 45.1 Å². The van der Waals surface area contributed by atoms with E-state index in [0.29, 0.717) is 30.1 Å². The molecule has 0 spiro atoms. The van der Waals surface area contributed by atoms with Crippen molar-refractivity contribution in [2.75, 3.05) is 0 Å². The number of allylic oxidation sites excluding steroid dienone is 3. The number of fused-ring (bicyclic) bond motifs is 5. The predicted molar refractivity (Wildman–Crippen MR) is 146 cm³/mol. The number of carbonyl (C=O) groups is 1. The molecule has 3 nitrogen and oxygen atoms in total. The number of rotatable bonds is 4. The van der Waals surface area contributed by atoms with Gasteiger partial charge in [-0.3, -0.25) is 9.79 Å². The Morgan fingerprint density at radius 1 is 0.972 bits per heavy atom. The largest absolute Gasteiger partial charge is 0.345 e. The van der Waals surface area contributed by atoms with Gasteiger partial charge in [-0.2, -0.15) is 0 Å². The lowest BCUT2D eigenvalue weighted by atomic mass is 9.43. The summed E-state index contributed by atoms with van der Waals surface area (Å²) < 4.78 is 6.80. The minimum Gasteiger partial charge on any atom is -0.345 e. The molecule has 8 atom stereocenters. The summed E-state index contributed by atoms with van der Waals surface area (Å²) in [5.74, 6) is 2.90. The Hall–Kier alpha value is -2.00. The van der Waals surface area contributed by atoms with Crippen molar-refractivity contribution in [1.82, 2.24) is 0 Å². The predicted octanol–water partition coefficient (Wildman–Crippen LogP) is 7.71. The molecule has 1 heterocycles. The Bertz CT molecular complexity index is 1090. The van der Waals surface area contributed by atoms with E-state index in [1.165, 1.54) is 38.5 Å². The van der Waals surface area contributed by atoms with E-state index in [9.17, 15) is 4.79 Å².